The molecule has 1 aliphatic rings. The minimum Gasteiger partial charge on any atom is -0.484 e. The predicted octanol–water partition coefficient (Wildman–Crippen LogP) is 2.25. The zero-order chi connectivity index (χ0) is 16.7. The first-order valence-corrected chi connectivity index (χ1v) is 8.30. The zero-order valence-corrected chi connectivity index (χ0v) is 14.0. The van der Waals surface area contributed by atoms with Gasteiger partial charge in [-0.15, -0.1) is 0 Å². The maximum atomic E-state index is 11.8. The molecular formula is C18H26N2O3. The number of aryl methyl sites for hydroxylation is 2. The Balaban J connectivity index is 1.66. The molecule has 2 amide bonds. The highest BCUT2D eigenvalue weighted by atomic mass is 16.5. The van der Waals surface area contributed by atoms with Crippen molar-refractivity contribution in [1.29, 1.82) is 0 Å². The van der Waals surface area contributed by atoms with Gasteiger partial charge < -0.3 is 15.4 Å². The summed E-state index contributed by atoms with van der Waals surface area (Å²) in [6, 6.07) is 5.96. The maximum Gasteiger partial charge on any atom is 0.258 e. The highest BCUT2D eigenvalue weighted by Gasteiger charge is 2.15. The number of hydrogen-bond donors (Lipinski definition) is 2. The molecule has 0 aliphatic heterocycles. The number of rotatable bonds is 6. The summed E-state index contributed by atoms with van der Waals surface area (Å²) in [6.07, 6.45) is 5.66. The fourth-order valence-electron chi connectivity index (χ4n) is 2.71. The third-order valence-electron chi connectivity index (χ3n) is 4.26. The minimum absolute atomic E-state index is 0.00557. The summed E-state index contributed by atoms with van der Waals surface area (Å²) in [4.78, 5) is 23.6. The van der Waals surface area contributed by atoms with E-state index in [0.717, 1.165) is 18.4 Å². The SMILES string of the molecule is Cc1ccc(OCC(=O)NCC(=O)NC2CCCCC2)cc1C. The average molecular weight is 318 g/mol. The number of nitrogens with one attached hydrogen (secondary N) is 2. The van der Waals surface area contributed by atoms with Crippen molar-refractivity contribution >= 4 is 11.8 Å². The van der Waals surface area contributed by atoms with E-state index < -0.39 is 0 Å². The van der Waals surface area contributed by atoms with Crippen molar-refractivity contribution in [2.45, 2.75) is 52.0 Å². The van der Waals surface area contributed by atoms with Crippen LogP contribution in [-0.2, 0) is 9.59 Å². The summed E-state index contributed by atoms with van der Waals surface area (Å²) in [5.41, 5.74) is 2.30. The first-order chi connectivity index (χ1) is 11.0. The van der Waals surface area contributed by atoms with Crippen LogP contribution in [0.5, 0.6) is 5.75 Å². The molecule has 2 N–H and O–H groups in total. The molecule has 5 heteroatoms. The predicted molar refractivity (Wildman–Crippen MR) is 89.4 cm³/mol. The van der Waals surface area contributed by atoms with Gasteiger partial charge in [-0.1, -0.05) is 25.3 Å². The van der Waals surface area contributed by atoms with Crippen LogP contribution in [0.15, 0.2) is 18.2 Å². The molecule has 1 aliphatic carbocycles. The number of carbonyl (C=O) groups is 2. The van der Waals surface area contributed by atoms with Gasteiger partial charge in [0.1, 0.15) is 5.75 Å². The van der Waals surface area contributed by atoms with Gasteiger partial charge in [0.25, 0.3) is 5.91 Å². The van der Waals surface area contributed by atoms with Gasteiger partial charge in [0, 0.05) is 6.04 Å². The number of ether oxygens (including phenoxy) is 1. The monoisotopic (exact) mass is 318 g/mol. The third kappa shape index (κ3) is 5.93. The molecule has 0 radical (unpaired) electrons. The van der Waals surface area contributed by atoms with Crippen LogP contribution < -0.4 is 15.4 Å². The minimum atomic E-state index is -0.290. The summed E-state index contributed by atoms with van der Waals surface area (Å²) in [6.45, 7) is 3.94. The van der Waals surface area contributed by atoms with Crippen molar-refractivity contribution in [1.82, 2.24) is 10.6 Å². The van der Waals surface area contributed by atoms with E-state index in [0.29, 0.717) is 5.75 Å². The van der Waals surface area contributed by atoms with E-state index in [9.17, 15) is 9.59 Å². The molecule has 1 aromatic carbocycles. The van der Waals surface area contributed by atoms with Gasteiger partial charge in [0.2, 0.25) is 5.91 Å². The molecule has 0 heterocycles. The third-order valence-corrected chi connectivity index (χ3v) is 4.26. The van der Waals surface area contributed by atoms with E-state index >= 15 is 0 Å². The Kier molecular flexibility index (Phi) is 6.44. The van der Waals surface area contributed by atoms with Gasteiger partial charge in [-0.3, -0.25) is 9.59 Å². The zero-order valence-electron chi connectivity index (χ0n) is 14.0. The molecule has 1 saturated carbocycles. The largest absolute Gasteiger partial charge is 0.484 e. The second kappa shape index (κ2) is 8.56. The molecule has 0 unspecified atom stereocenters. The van der Waals surface area contributed by atoms with Crippen molar-refractivity contribution in [2.75, 3.05) is 13.2 Å². The molecule has 0 spiro atoms. The summed E-state index contributed by atoms with van der Waals surface area (Å²) in [5.74, 6) is 0.244. The lowest BCUT2D eigenvalue weighted by molar-refractivity contribution is -0.127. The Bertz CT molecular complexity index is 551. The highest BCUT2D eigenvalue weighted by molar-refractivity contribution is 5.85. The normalized spacial score (nSPS) is 15.0. The highest BCUT2D eigenvalue weighted by Crippen LogP contribution is 2.17. The van der Waals surface area contributed by atoms with Crippen LogP contribution in [0.2, 0.25) is 0 Å². The molecular weight excluding hydrogens is 292 g/mol. The second-order valence-corrected chi connectivity index (χ2v) is 6.21. The van der Waals surface area contributed by atoms with Crippen LogP contribution in [0.4, 0.5) is 0 Å². The van der Waals surface area contributed by atoms with E-state index in [1.54, 1.807) is 0 Å². The molecule has 0 aromatic heterocycles. The fraction of sp³-hybridized carbons (Fsp3) is 0.556. The molecule has 126 valence electrons. The van der Waals surface area contributed by atoms with Gasteiger partial charge >= 0.3 is 0 Å². The Morgan fingerprint density at radius 1 is 1.09 bits per heavy atom. The lowest BCUT2D eigenvalue weighted by Gasteiger charge is -2.22. The van der Waals surface area contributed by atoms with Crippen LogP contribution >= 0.6 is 0 Å². The van der Waals surface area contributed by atoms with Gasteiger partial charge in [-0.25, -0.2) is 0 Å². The van der Waals surface area contributed by atoms with E-state index in [4.69, 9.17) is 4.74 Å². The van der Waals surface area contributed by atoms with Gasteiger partial charge in [0.05, 0.1) is 6.54 Å². The maximum absolute atomic E-state index is 11.8. The van der Waals surface area contributed by atoms with Crippen molar-refractivity contribution in [2.24, 2.45) is 0 Å². The molecule has 0 bridgehead atoms. The lowest BCUT2D eigenvalue weighted by Crippen LogP contribution is -2.43. The van der Waals surface area contributed by atoms with Crippen molar-refractivity contribution in [3.8, 4) is 5.75 Å². The molecule has 5 nitrogen and oxygen atoms in total. The molecule has 23 heavy (non-hydrogen) atoms. The fourth-order valence-corrected chi connectivity index (χ4v) is 2.71. The van der Waals surface area contributed by atoms with Crippen LogP contribution in [-0.4, -0.2) is 31.0 Å². The van der Waals surface area contributed by atoms with Crippen LogP contribution in [0.25, 0.3) is 0 Å². The Hall–Kier alpha value is -2.04. The number of hydrogen-bond acceptors (Lipinski definition) is 3. The van der Waals surface area contributed by atoms with Gasteiger partial charge in [0.15, 0.2) is 6.61 Å². The molecule has 1 aromatic rings. The molecule has 0 saturated heterocycles. The first kappa shape index (κ1) is 17.3. The van der Waals surface area contributed by atoms with E-state index in [-0.39, 0.29) is 31.0 Å². The van der Waals surface area contributed by atoms with Crippen LogP contribution in [0, 0.1) is 13.8 Å². The topological polar surface area (TPSA) is 67.4 Å². The molecule has 1 fully saturated rings. The number of amides is 2. The van der Waals surface area contributed by atoms with Gasteiger partial charge in [-0.2, -0.15) is 0 Å². The van der Waals surface area contributed by atoms with Crippen molar-refractivity contribution < 1.29 is 14.3 Å². The quantitative estimate of drug-likeness (QED) is 0.845. The van der Waals surface area contributed by atoms with Crippen LogP contribution in [0.1, 0.15) is 43.2 Å². The molecule has 2 rings (SSSR count). The Morgan fingerprint density at radius 2 is 1.83 bits per heavy atom. The number of carbonyl (C=O) groups excluding carboxylic acids is 2. The van der Waals surface area contributed by atoms with Crippen molar-refractivity contribution in [3.63, 3.8) is 0 Å². The standard InChI is InChI=1S/C18H26N2O3/c1-13-8-9-16(10-14(13)2)23-12-18(22)19-11-17(21)20-15-6-4-3-5-7-15/h8-10,15H,3-7,11-12H2,1-2H3,(H,19,22)(H,20,21). The first-order valence-electron chi connectivity index (χ1n) is 8.30. The van der Waals surface area contributed by atoms with E-state index in [1.165, 1.54) is 24.8 Å². The Morgan fingerprint density at radius 3 is 2.52 bits per heavy atom. The lowest BCUT2D eigenvalue weighted by atomic mass is 9.95. The summed E-state index contributed by atoms with van der Waals surface area (Å²) < 4.78 is 5.44. The summed E-state index contributed by atoms with van der Waals surface area (Å²) in [7, 11) is 0. The van der Waals surface area contributed by atoms with E-state index in [2.05, 4.69) is 10.6 Å². The summed E-state index contributed by atoms with van der Waals surface area (Å²) in [5, 5.41) is 5.56. The van der Waals surface area contributed by atoms with Gasteiger partial charge in [-0.05, 0) is 49.9 Å². The molecule has 0 atom stereocenters. The second-order valence-electron chi connectivity index (χ2n) is 6.21. The smallest absolute Gasteiger partial charge is 0.258 e. The van der Waals surface area contributed by atoms with Crippen molar-refractivity contribution in [3.05, 3.63) is 29.3 Å². The van der Waals surface area contributed by atoms with Crippen LogP contribution in [0.3, 0.4) is 0 Å². The Labute approximate surface area is 137 Å². The summed E-state index contributed by atoms with van der Waals surface area (Å²) >= 11 is 0. The van der Waals surface area contributed by atoms with E-state index in [1.807, 2.05) is 32.0 Å². The number of benzene rings is 1. The average Bonchev–Trinajstić information content (AvgIpc) is 2.55.